The summed E-state index contributed by atoms with van der Waals surface area (Å²) < 4.78 is 16.7. The number of hydrogen-bond acceptors (Lipinski definition) is 7. The van der Waals surface area contributed by atoms with E-state index in [1.54, 1.807) is 11.0 Å². The highest BCUT2D eigenvalue weighted by atomic mass is 32.1. The molecule has 0 saturated carbocycles. The fourth-order valence-electron chi connectivity index (χ4n) is 5.44. The number of anilines is 2. The van der Waals surface area contributed by atoms with Crippen molar-refractivity contribution in [1.29, 1.82) is 0 Å². The number of aromatic nitrogens is 2. The number of piperidine rings is 2. The first-order valence-corrected chi connectivity index (χ1v) is 14.1. The number of nitrogens with zero attached hydrogens (tertiary/aromatic N) is 4. The zero-order chi connectivity index (χ0) is 27.0. The molecule has 0 unspecified atom stereocenters. The van der Waals surface area contributed by atoms with Gasteiger partial charge in [-0.3, -0.25) is 9.59 Å². The van der Waals surface area contributed by atoms with Crippen molar-refractivity contribution in [3.8, 4) is 0 Å². The summed E-state index contributed by atoms with van der Waals surface area (Å²) in [7, 11) is 2.01. The minimum atomic E-state index is -1.40. The molecule has 1 aromatic carbocycles. The van der Waals surface area contributed by atoms with Crippen LogP contribution >= 0.6 is 11.3 Å². The number of thiazole rings is 1. The third-order valence-corrected chi connectivity index (χ3v) is 9.09. The first-order chi connectivity index (χ1) is 18.2. The van der Waals surface area contributed by atoms with Gasteiger partial charge in [0.25, 0.3) is 0 Å². The van der Waals surface area contributed by atoms with Crippen LogP contribution in [0, 0.1) is 5.92 Å². The number of carbonyl (C=O) groups excluding carboxylic acids is 2. The van der Waals surface area contributed by atoms with Gasteiger partial charge in [-0.2, -0.15) is 0 Å². The highest BCUT2D eigenvalue weighted by molar-refractivity contribution is 7.18. The molecular weight excluding hydrogens is 503 g/mol. The summed E-state index contributed by atoms with van der Waals surface area (Å²) in [5.74, 6) is -0.587. The van der Waals surface area contributed by atoms with Crippen molar-refractivity contribution in [2.75, 3.05) is 37.7 Å². The van der Waals surface area contributed by atoms with E-state index in [-0.39, 0.29) is 12.0 Å². The summed E-state index contributed by atoms with van der Waals surface area (Å²) in [5, 5.41) is 3.23. The normalized spacial score (nSPS) is 21.9. The number of alkyl halides is 1. The molecule has 2 amide bonds. The van der Waals surface area contributed by atoms with Crippen molar-refractivity contribution < 1.29 is 14.0 Å². The number of fused-ring (bicyclic) bond motifs is 1. The van der Waals surface area contributed by atoms with Gasteiger partial charge in [-0.05, 0) is 61.6 Å². The van der Waals surface area contributed by atoms with E-state index in [0.29, 0.717) is 55.4 Å². The van der Waals surface area contributed by atoms with Crippen LogP contribution in [-0.4, -0.2) is 58.3 Å². The number of nitrogens with two attached hydrogens (primary N) is 1. The van der Waals surface area contributed by atoms with Gasteiger partial charge in [-0.15, -0.1) is 11.3 Å². The number of pyridine rings is 1. The standard InChI is InChI=1S/C28H35FN6O2S/c1-4-18-13-20(15-31-24(18)30)32-25(36)26(37)35-16-17(2)5-7-22(35)19-6-8-23-21(14-19)33-27(38-23)28(29)9-11-34(3)12-10-28/h6,8,13-15,17,22H,4-5,7,9-12,16H2,1-3H3,(H2,30,31)(H,32,36)/t17-,22+/m0/s1. The summed E-state index contributed by atoms with van der Waals surface area (Å²) in [4.78, 5) is 39.1. The number of halogens is 1. The van der Waals surface area contributed by atoms with E-state index in [4.69, 9.17) is 10.7 Å². The Balaban J connectivity index is 1.38. The van der Waals surface area contributed by atoms with E-state index in [9.17, 15) is 9.59 Å². The number of amides is 2. The molecule has 10 heteroatoms. The molecule has 4 heterocycles. The van der Waals surface area contributed by atoms with Crippen LogP contribution in [0.2, 0.25) is 0 Å². The van der Waals surface area contributed by atoms with Crippen LogP contribution in [0.15, 0.2) is 30.5 Å². The fraction of sp³-hybridized carbons (Fsp3) is 0.500. The predicted molar refractivity (Wildman–Crippen MR) is 149 cm³/mol. The van der Waals surface area contributed by atoms with Gasteiger partial charge in [0.2, 0.25) is 0 Å². The Labute approximate surface area is 226 Å². The lowest BCUT2D eigenvalue weighted by atomic mass is 9.89. The maximum atomic E-state index is 15.7. The van der Waals surface area contributed by atoms with Crippen LogP contribution < -0.4 is 11.1 Å². The quantitative estimate of drug-likeness (QED) is 0.468. The van der Waals surface area contributed by atoms with E-state index in [0.717, 1.165) is 34.2 Å². The summed E-state index contributed by atoms with van der Waals surface area (Å²) in [6.07, 6.45) is 4.70. The van der Waals surface area contributed by atoms with Gasteiger partial charge in [0.05, 0.1) is 28.1 Å². The highest BCUT2D eigenvalue weighted by Crippen LogP contribution is 2.42. The largest absolute Gasteiger partial charge is 0.383 e. The molecule has 8 nitrogen and oxygen atoms in total. The molecule has 2 aliphatic rings. The Morgan fingerprint density at radius 3 is 2.74 bits per heavy atom. The molecule has 202 valence electrons. The maximum absolute atomic E-state index is 15.7. The molecule has 0 radical (unpaired) electrons. The molecule has 38 heavy (non-hydrogen) atoms. The smallest absolute Gasteiger partial charge is 0.313 e. The molecule has 0 aliphatic carbocycles. The average molecular weight is 539 g/mol. The van der Waals surface area contributed by atoms with Crippen LogP contribution in [0.3, 0.4) is 0 Å². The Morgan fingerprint density at radius 2 is 2.00 bits per heavy atom. The van der Waals surface area contributed by atoms with Crippen LogP contribution in [0.5, 0.6) is 0 Å². The molecule has 2 aliphatic heterocycles. The second kappa shape index (κ2) is 10.6. The van der Waals surface area contributed by atoms with Crippen molar-refractivity contribution >= 4 is 44.9 Å². The summed E-state index contributed by atoms with van der Waals surface area (Å²) in [6.45, 7) is 5.95. The second-order valence-electron chi connectivity index (χ2n) is 10.7. The SMILES string of the molecule is CCc1cc(NC(=O)C(=O)N2C[C@@H](C)CC[C@@H]2c2ccc3sc(C4(F)CCN(C)CC4)nc3c2)cnc1N. The fourth-order valence-corrected chi connectivity index (χ4v) is 6.53. The zero-order valence-electron chi connectivity index (χ0n) is 22.2. The number of likely N-dealkylation sites (tertiary alicyclic amines) is 2. The van der Waals surface area contributed by atoms with Gasteiger partial charge in [0.1, 0.15) is 10.8 Å². The Kier molecular flexibility index (Phi) is 7.37. The number of nitrogen functional groups attached to an aromatic ring is 1. The van der Waals surface area contributed by atoms with Gasteiger partial charge < -0.3 is 20.9 Å². The number of rotatable bonds is 4. The minimum Gasteiger partial charge on any atom is -0.383 e. The van der Waals surface area contributed by atoms with Crippen LogP contribution in [0.4, 0.5) is 15.9 Å². The van der Waals surface area contributed by atoms with Crippen LogP contribution in [-0.2, 0) is 21.7 Å². The third-order valence-electron chi connectivity index (χ3n) is 7.87. The zero-order valence-corrected chi connectivity index (χ0v) is 23.0. The lowest BCUT2D eigenvalue weighted by molar-refractivity contribution is -0.146. The first kappa shape index (κ1) is 26.5. The molecular formula is C28H35FN6O2S. The van der Waals surface area contributed by atoms with Gasteiger partial charge in [0.15, 0.2) is 5.67 Å². The predicted octanol–water partition coefficient (Wildman–Crippen LogP) is 4.66. The second-order valence-corrected chi connectivity index (χ2v) is 11.8. The van der Waals surface area contributed by atoms with Gasteiger partial charge in [-0.1, -0.05) is 19.9 Å². The average Bonchev–Trinajstić information content (AvgIpc) is 3.35. The molecule has 0 bridgehead atoms. The number of nitrogens with one attached hydrogen (secondary N) is 1. The number of hydrogen-bond donors (Lipinski definition) is 2. The molecule has 3 aromatic rings. The molecule has 2 atom stereocenters. The van der Waals surface area contributed by atoms with E-state index in [1.165, 1.54) is 17.5 Å². The first-order valence-electron chi connectivity index (χ1n) is 13.3. The Morgan fingerprint density at radius 1 is 1.24 bits per heavy atom. The Bertz CT molecular complexity index is 1350. The van der Waals surface area contributed by atoms with Crippen molar-refractivity contribution in [3.63, 3.8) is 0 Å². The molecule has 2 saturated heterocycles. The van der Waals surface area contributed by atoms with E-state index in [2.05, 4.69) is 22.1 Å². The topological polar surface area (TPSA) is 104 Å². The number of benzene rings is 1. The Hall–Kier alpha value is -3.11. The summed E-state index contributed by atoms with van der Waals surface area (Å²) in [5.41, 5.74) is 7.40. The summed E-state index contributed by atoms with van der Waals surface area (Å²) >= 11 is 1.41. The van der Waals surface area contributed by atoms with Gasteiger partial charge >= 0.3 is 11.8 Å². The van der Waals surface area contributed by atoms with E-state index < -0.39 is 17.5 Å². The third kappa shape index (κ3) is 5.24. The molecule has 2 fully saturated rings. The van der Waals surface area contributed by atoms with Crippen LogP contribution in [0.25, 0.3) is 10.2 Å². The van der Waals surface area contributed by atoms with Crippen molar-refractivity contribution in [3.05, 3.63) is 46.6 Å². The molecule has 3 N–H and O–H groups in total. The maximum Gasteiger partial charge on any atom is 0.313 e. The monoisotopic (exact) mass is 538 g/mol. The van der Waals surface area contributed by atoms with Crippen molar-refractivity contribution in [2.24, 2.45) is 5.92 Å². The lowest BCUT2D eigenvalue weighted by Crippen LogP contribution is -2.46. The number of aryl methyl sites for hydroxylation is 1. The van der Waals surface area contributed by atoms with Gasteiger partial charge in [0, 0.05) is 32.5 Å². The van der Waals surface area contributed by atoms with E-state index >= 15 is 4.39 Å². The summed E-state index contributed by atoms with van der Waals surface area (Å²) in [6, 6.07) is 7.42. The molecule has 2 aromatic heterocycles. The van der Waals surface area contributed by atoms with Crippen molar-refractivity contribution in [2.45, 2.75) is 57.7 Å². The number of carbonyl (C=O) groups is 2. The van der Waals surface area contributed by atoms with Gasteiger partial charge in [-0.25, -0.2) is 14.4 Å². The minimum absolute atomic E-state index is 0.252. The highest BCUT2D eigenvalue weighted by Gasteiger charge is 2.39. The lowest BCUT2D eigenvalue weighted by Gasteiger charge is -2.38. The van der Waals surface area contributed by atoms with Crippen LogP contribution in [0.1, 0.15) is 61.7 Å². The molecule has 5 rings (SSSR count). The van der Waals surface area contributed by atoms with E-state index in [1.807, 2.05) is 32.2 Å². The van der Waals surface area contributed by atoms with Crippen molar-refractivity contribution in [1.82, 2.24) is 19.8 Å². The molecule has 0 spiro atoms.